The summed E-state index contributed by atoms with van der Waals surface area (Å²) in [6.45, 7) is 8.78. The van der Waals surface area contributed by atoms with Crippen LogP contribution in [0.2, 0.25) is 0 Å². The van der Waals surface area contributed by atoms with Crippen LogP contribution in [0.3, 0.4) is 0 Å². The molecule has 0 fully saturated rings. The number of hydrogen-bond donors (Lipinski definition) is 0. The van der Waals surface area contributed by atoms with Gasteiger partial charge >= 0.3 is 0 Å². The Morgan fingerprint density at radius 2 is 2.04 bits per heavy atom. The largest absolute Gasteiger partial charge is 0.336 e. The second-order valence-corrected chi connectivity index (χ2v) is 7.39. The number of rotatable bonds is 2. The van der Waals surface area contributed by atoms with Gasteiger partial charge in [-0.1, -0.05) is 36.7 Å². The number of carbonyl (C=O) groups excluding carboxylic acids is 1. The number of amides is 1. The third kappa shape index (κ3) is 2.68. The van der Waals surface area contributed by atoms with Crippen LogP contribution in [0.5, 0.6) is 0 Å². The van der Waals surface area contributed by atoms with Crippen molar-refractivity contribution in [3.8, 4) is 0 Å². The van der Waals surface area contributed by atoms with Gasteiger partial charge < -0.3 is 9.42 Å². The fourth-order valence-electron chi connectivity index (χ4n) is 3.66. The van der Waals surface area contributed by atoms with Crippen molar-refractivity contribution in [2.45, 2.75) is 46.5 Å². The first kappa shape index (κ1) is 16.8. The lowest BCUT2D eigenvalue weighted by Gasteiger charge is -2.30. The molecular formula is C21H23N3O2. The third-order valence-corrected chi connectivity index (χ3v) is 5.06. The van der Waals surface area contributed by atoms with Gasteiger partial charge in [0.15, 0.2) is 0 Å². The minimum Gasteiger partial charge on any atom is -0.336 e. The Balaban J connectivity index is 1.86. The summed E-state index contributed by atoms with van der Waals surface area (Å²) in [5, 5.41) is 4.75. The fourth-order valence-corrected chi connectivity index (χ4v) is 3.66. The normalized spacial score (nSPS) is 14.1. The van der Waals surface area contributed by atoms with Gasteiger partial charge in [-0.2, -0.15) is 0 Å². The van der Waals surface area contributed by atoms with Crippen LogP contribution in [-0.4, -0.2) is 22.6 Å². The molecule has 0 N–H and O–H groups in total. The first-order chi connectivity index (χ1) is 12.5. The predicted octanol–water partition coefficient (Wildman–Crippen LogP) is 4.56. The van der Waals surface area contributed by atoms with Crippen molar-refractivity contribution in [2.24, 2.45) is 0 Å². The van der Waals surface area contributed by atoms with Crippen molar-refractivity contribution in [3.05, 3.63) is 52.3 Å². The molecule has 1 aliphatic heterocycles. The Morgan fingerprint density at radius 1 is 1.23 bits per heavy atom. The van der Waals surface area contributed by atoms with Gasteiger partial charge in [-0.05, 0) is 50.3 Å². The van der Waals surface area contributed by atoms with E-state index in [-0.39, 0.29) is 11.8 Å². The molecule has 134 valence electrons. The minimum absolute atomic E-state index is 0.00426. The predicted molar refractivity (Wildman–Crippen MR) is 102 cm³/mol. The molecule has 4 rings (SSSR count). The monoisotopic (exact) mass is 349 g/mol. The summed E-state index contributed by atoms with van der Waals surface area (Å²) in [7, 11) is 0. The Bertz CT molecular complexity index is 1000. The molecular weight excluding hydrogens is 326 g/mol. The third-order valence-electron chi connectivity index (χ3n) is 5.06. The molecule has 0 saturated carbocycles. The summed E-state index contributed by atoms with van der Waals surface area (Å²) < 4.78 is 5.37. The van der Waals surface area contributed by atoms with Crippen LogP contribution in [0.4, 0.5) is 5.69 Å². The number of pyridine rings is 1. The minimum atomic E-state index is -0.00426. The Morgan fingerprint density at radius 3 is 2.81 bits per heavy atom. The number of anilines is 1. The van der Waals surface area contributed by atoms with E-state index in [0.29, 0.717) is 17.0 Å². The van der Waals surface area contributed by atoms with Crippen LogP contribution in [0.1, 0.15) is 59.1 Å². The first-order valence-corrected chi connectivity index (χ1v) is 9.14. The molecule has 0 aliphatic carbocycles. The highest BCUT2D eigenvalue weighted by molar-refractivity contribution is 6.14. The zero-order valence-corrected chi connectivity index (χ0v) is 15.7. The molecule has 0 atom stereocenters. The van der Waals surface area contributed by atoms with Crippen molar-refractivity contribution in [1.82, 2.24) is 10.1 Å². The van der Waals surface area contributed by atoms with Crippen molar-refractivity contribution >= 4 is 22.7 Å². The number of nitrogens with zero attached hydrogens (tertiary/aromatic N) is 3. The maximum atomic E-state index is 13.5. The molecule has 0 radical (unpaired) electrons. The van der Waals surface area contributed by atoms with Crippen LogP contribution in [0.25, 0.3) is 11.1 Å². The molecule has 0 unspecified atom stereocenters. The van der Waals surface area contributed by atoms with Crippen LogP contribution in [0.15, 0.2) is 28.8 Å². The highest BCUT2D eigenvalue weighted by atomic mass is 16.5. The number of benzene rings is 1. The van der Waals surface area contributed by atoms with Gasteiger partial charge in [0, 0.05) is 17.9 Å². The van der Waals surface area contributed by atoms with E-state index in [1.807, 2.05) is 17.9 Å². The lowest BCUT2D eigenvalue weighted by molar-refractivity contribution is 0.0986. The standard InChI is InChI=1S/C21H23N3O2/c1-12(2)17-11-16(19-14(4)23-26-20(19)22-17)21(25)24-9-5-6-15-10-13(3)7-8-18(15)24/h7-8,10-12H,5-6,9H2,1-4H3. The quantitative estimate of drug-likeness (QED) is 0.681. The fraction of sp³-hybridized carbons (Fsp3) is 0.381. The van der Waals surface area contributed by atoms with Crippen LogP contribution in [0, 0.1) is 13.8 Å². The van der Waals surface area contributed by atoms with E-state index in [0.717, 1.165) is 36.2 Å². The van der Waals surface area contributed by atoms with Crippen LogP contribution < -0.4 is 4.90 Å². The number of aryl methyl sites for hydroxylation is 3. The molecule has 2 aromatic heterocycles. The molecule has 1 amide bonds. The summed E-state index contributed by atoms with van der Waals surface area (Å²) in [6, 6.07) is 8.21. The van der Waals surface area contributed by atoms with Crippen molar-refractivity contribution in [3.63, 3.8) is 0 Å². The molecule has 0 saturated heterocycles. The Hall–Kier alpha value is -2.69. The molecule has 26 heavy (non-hydrogen) atoms. The van der Waals surface area contributed by atoms with Gasteiger partial charge in [-0.15, -0.1) is 0 Å². The molecule has 5 nitrogen and oxygen atoms in total. The van der Waals surface area contributed by atoms with Crippen LogP contribution in [-0.2, 0) is 6.42 Å². The van der Waals surface area contributed by atoms with Crippen LogP contribution >= 0.6 is 0 Å². The summed E-state index contributed by atoms with van der Waals surface area (Å²) >= 11 is 0. The SMILES string of the molecule is Cc1ccc2c(c1)CCCN2C(=O)c1cc(C(C)C)nc2onc(C)c12. The van der Waals surface area contributed by atoms with Gasteiger partial charge in [0.05, 0.1) is 16.6 Å². The van der Waals surface area contributed by atoms with Crippen molar-refractivity contribution < 1.29 is 9.32 Å². The number of carbonyl (C=O) groups is 1. The van der Waals surface area contributed by atoms with Gasteiger partial charge in [0.2, 0.25) is 0 Å². The molecule has 1 aliphatic rings. The second-order valence-electron chi connectivity index (χ2n) is 7.39. The zero-order valence-electron chi connectivity index (χ0n) is 15.7. The number of fused-ring (bicyclic) bond motifs is 2. The maximum absolute atomic E-state index is 13.5. The van der Waals surface area contributed by atoms with Crippen molar-refractivity contribution in [1.29, 1.82) is 0 Å². The van der Waals surface area contributed by atoms with E-state index in [4.69, 9.17) is 4.52 Å². The highest BCUT2D eigenvalue weighted by Gasteiger charge is 2.27. The number of hydrogen-bond acceptors (Lipinski definition) is 4. The van der Waals surface area contributed by atoms with E-state index in [9.17, 15) is 4.79 Å². The maximum Gasteiger partial charge on any atom is 0.259 e. The summed E-state index contributed by atoms with van der Waals surface area (Å²) in [6.07, 6.45) is 1.98. The summed E-state index contributed by atoms with van der Waals surface area (Å²) in [4.78, 5) is 19.9. The smallest absolute Gasteiger partial charge is 0.259 e. The lowest BCUT2D eigenvalue weighted by atomic mass is 9.97. The highest BCUT2D eigenvalue weighted by Crippen LogP contribution is 2.32. The van der Waals surface area contributed by atoms with E-state index in [1.165, 1.54) is 11.1 Å². The Kier molecular flexibility index (Phi) is 4.02. The van der Waals surface area contributed by atoms with Gasteiger partial charge in [0.1, 0.15) is 0 Å². The second kappa shape index (κ2) is 6.24. The summed E-state index contributed by atoms with van der Waals surface area (Å²) in [5.74, 6) is 0.197. The molecule has 3 aromatic rings. The molecule has 5 heteroatoms. The average Bonchev–Trinajstić information content (AvgIpc) is 3.00. The number of aromatic nitrogens is 2. The molecule has 3 heterocycles. The lowest BCUT2D eigenvalue weighted by Crippen LogP contribution is -2.35. The molecule has 0 bridgehead atoms. The van der Waals surface area contributed by atoms with E-state index < -0.39 is 0 Å². The van der Waals surface area contributed by atoms with Gasteiger partial charge in [-0.3, -0.25) is 4.79 Å². The Labute approximate surface area is 153 Å². The topological polar surface area (TPSA) is 59.2 Å². The molecule has 0 spiro atoms. The van der Waals surface area contributed by atoms with Crippen molar-refractivity contribution in [2.75, 3.05) is 11.4 Å². The van der Waals surface area contributed by atoms with Gasteiger partial charge in [-0.25, -0.2) is 4.98 Å². The van der Waals surface area contributed by atoms with E-state index in [1.54, 1.807) is 0 Å². The zero-order chi connectivity index (χ0) is 18.4. The van der Waals surface area contributed by atoms with E-state index >= 15 is 0 Å². The van der Waals surface area contributed by atoms with E-state index in [2.05, 4.69) is 49.1 Å². The summed E-state index contributed by atoms with van der Waals surface area (Å²) in [5.41, 5.74) is 6.09. The van der Waals surface area contributed by atoms with Gasteiger partial charge in [0.25, 0.3) is 11.6 Å². The average molecular weight is 349 g/mol. The molecule has 1 aromatic carbocycles. The first-order valence-electron chi connectivity index (χ1n) is 9.14.